The number of carbonyl (C=O) groups is 4. The van der Waals surface area contributed by atoms with Crippen molar-refractivity contribution >= 4 is 23.9 Å². The lowest BCUT2D eigenvalue weighted by atomic mass is 10.1. The molecule has 0 saturated heterocycles. The molecule has 0 heterocycles. The fraction of sp³-hybridized carbons (Fsp3) is 0.300. The van der Waals surface area contributed by atoms with Gasteiger partial charge in [-0.25, -0.2) is 19.2 Å². The quantitative estimate of drug-likeness (QED) is 0.340. The molecule has 0 spiro atoms. The molecule has 0 saturated carbocycles. The molecule has 1 rings (SSSR count). The number of rotatable bonds is 10. The van der Waals surface area contributed by atoms with Crippen molar-refractivity contribution < 1.29 is 38.1 Å². The molecule has 8 heteroatoms. The van der Waals surface area contributed by atoms with Crippen LogP contribution >= 0.6 is 0 Å². The summed E-state index contributed by atoms with van der Waals surface area (Å²) in [5, 5.41) is 0. The third-order valence-corrected chi connectivity index (χ3v) is 3.23. The molecule has 0 N–H and O–H groups in total. The van der Waals surface area contributed by atoms with E-state index >= 15 is 0 Å². The molecule has 0 radical (unpaired) electrons. The third kappa shape index (κ3) is 7.45. The van der Waals surface area contributed by atoms with Crippen LogP contribution in [0.1, 0.15) is 34.6 Å². The van der Waals surface area contributed by atoms with Gasteiger partial charge in [0.1, 0.15) is 25.4 Å². The molecular formula is C20H22O8. The van der Waals surface area contributed by atoms with Crippen LogP contribution in [0.4, 0.5) is 0 Å². The Morgan fingerprint density at radius 3 is 1.50 bits per heavy atom. The van der Waals surface area contributed by atoms with Crippen molar-refractivity contribution in [2.75, 3.05) is 13.2 Å². The number of ether oxygens (including phenoxy) is 4. The number of hydrogen-bond acceptors (Lipinski definition) is 8. The van der Waals surface area contributed by atoms with Crippen molar-refractivity contribution in [1.82, 2.24) is 0 Å². The van der Waals surface area contributed by atoms with Crippen LogP contribution in [0.2, 0.25) is 0 Å². The standard InChI is InChI=1S/C20H22O8/c1-5-17(21)27-13(3)11-25-19(23)15-9-7-8-10-16(15)20(24)26-12-14(4)28-18(22)6-2/h5-10,13-14H,1-2,11-12H2,3-4H3. The molecule has 28 heavy (non-hydrogen) atoms. The van der Waals surface area contributed by atoms with Gasteiger partial charge in [0.05, 0.1) is 11.1 Å². The Labute approximate surface area is 162 Å². The van der Waals surface area contributed by atoms with Gasteiger partial charge in [-0.05, 0) is 26.0 Å². The molecule has 0 aliphatic carbocycles. The number of hydrogen-bond donors (Lipinski definition) is 0. The van der Waals surface area contributed by atoms with Crippen LogP contribution in [0, 0.1) is 0 Å². The van der Waals surface area contributed by atoms with E-state index in [2.05, 4.69) is 13.2 Å². The van der Waals surface area contributed by atoms with Gasteiger partial charge in [-0.15, -0.1) is 0 Å². The SMILES string of the molecule is C=CC(=O)OC(C)COC(=O)c1ccccc1C(=O)OCC(C)OC(=O)C=C. The lowest BCUT2D eigenvalue weighted by Gasteiger charge is -2.15. The highest BCUT2D eigenvalue weighted by molar-refractivity contribution is 6.03. The molecular weight excluding hydrogens is 368 g/mol. The monoisotopic (exact) mass is 390 g/mol. The van der Waals surface area contributed by atoms with Crippen LogP contribution in [0.25, 0.3) is 0 Å². The smallest absolute Gasteiger partial charge is 0.339 e. The first kappa shape index (κ1) is 22.6. The van der Waals surface area contributed by atoms with Crippen LogP contribution in [-0.4, -0.2) is 49.3 Å². The molecule has 2 unspecified atom stereocenters. The Kier molecular flexibility index (Phi) is 9.15. The summed E-state index contributed by atoms with van der Waals surface area (Å²) in [6.07, 6.45) is 0.622. The van der Waals surface area contributed by atoms with E-state index in [9.17, 15) is 19.2 Å². The molecule has 0 aromatic heterocycles. The lowest BCUT2D eigenvalue weighted by Crippen LogP contribution is -2.24. The molecule has 150 valence electrons. The highest BCUT2D eigenvalue weighted by atomic mass is 16.6. The van der Waals surface area contributed by atoms with Gasteiger partial charge >= 0.3 is 23.9 Å². The highest BCUT2D eigenvalue weighted by Gasteiger charge is 2.21. The summed E-state index contributed by atoms with van der Waals surface area (Å²) < 4.78 is 20.0. The summed E-state index contributed by atoms with van der Waals surface area (Å²) in [5.41, 5.74) is -0.0176. The van der Waals surface area contributed by atoms with Gasteiger partial charge in [-0.1, -0.05) is 25.3 Å². The molecule has 2 atom stereocenters. The van der Waals surface area contributed by atoms with Crippen LogP contribution in [0.15, 0.2) is 49.6 Å². The first-order valence-electron chi connectivity index (χ1n) is 8.37. The average Bonchev–Trinajstić information content (AvgIpc) is 2.69. The first-order chi connectivity index (χ1) is 13.3. The van der Waals surface area contributed by atoms with E-state index in [1.165, 1.54) is 12.1 Å². The van der Waals surface area contributed by atoms with Crippen LogP contribution in [-0.2, 0) is 28.5 Å². The van der Waals surface area contributed by atoms with Crippen molar-refractivity contribution in [3.05, 3.63) is 60.7 Å². The van der Waals surface area contributed by atoms with Gasteiger partial charge in [0.2, 0.25) is 0 Å². The number of benzene rings is 1. The van der Waals surface area contributed by atoms with E-state index in [1.54, 1.807) is 26.0 Å². The molecule has 0 fully saturated rings. The van der Waals surface area contributed by atoms with Crippen molar-refractivity contribution in [3.8, 4) is 0 Å². The summed E-state index contributed by atoms with van der Waals surface area (Å²) in [6.45, 7) is 9.23. The predicted molar refractivity (Wildman–Crippen MR) is 98.5 cm³/mol. The minimum absolute atomic E-state index is 0.00881. The second-order valence-corrected chi connectivity index (χ2v) is 5.65. The first-order valence-corrected chi connectivity index (χ1v) is 8.37. The Bertz CT molecular complexity index is 689. The zero-order chi connectivity index (χ0) is 21.1. The van der Waals surface area contributed by atoms with Crippen LogP contribution < -0.4 is 0 Å². The topological polar surface area (TPSA) is 105 Å². The molecule has 0 amide bonds. The normalized spacial score (nSPS) is 12.1. The number of carbonyl (C=O) groups excluding carboxylic acids is 4. The molecule has 0 bridgehead atoms. The van der Waals surface area contributed by atoms with E-state index in [1.807, 2.05) is 0 Å². The van der Waals surface area contributed by atoms with E-state index < -0.39 is 36.1 Å². The minimum atomic E-state index is -0.778. The van der Waals surface area contributed by atoms with E-state index in [0.717, 1.165) is 12.2 Å². The Morgan fingerprint density at radius 1 is 0.821 bits per heavy atom. The van der Waals surface area contributed by atoms with Crippen molar-refractivity contribution in [3.63, 3.8) is 0 Å². The summed E-state index contributed by atoms with van der Waals surface area (Å²) in [4.78, 5) is 46.8. The maximum Gasteiger partial charge on any atom is 0.339 e. The zero-order valence-electron chi connectivity index (χ0n) is 15.7. The third-order valence-electron chi connectivity index (χ3n) is 3.23. The van der Waals surface area contributed by atoms with Gasteiger partial charge in [-0.3, -0.25) is 0 Å². The largest absolute Gasteiger partial charge is 0.458 e. The Hall–Kier alpha value is -3.42. The second kappa shape index (κ2) is 11.3. The maximum absolute atomic E-state index is 12.3. The molecule has 8 nitrogen and oxygen atoms in total. The Morgan fingerprint density at radius 2 is 1.18 bits per heavy atom. The summed E-state index contributed by atoms with van der Waals surface area (Å²) in [6, 6.07) is 5.92. The summed E-state index contributed by atoms with van der Waals surface area (Å²) >= 11 is 0. The predicted octanol–water partition coefficient (Wildman–Crippen LogP) is 2.24. The summed E-state index contributed by atoms with van der Waals surface area (Å²) in [7, 11) is 0. The number of esters is 4. The van der Waals surface area contributed by atoms with Gasteiger partial charge < -0.3 is 18.9 Å². The van der Waals surface area contributed by atoms with Gasteiger partial charge in [0.15, 0.2) is 0 Å². The van der Waals surface area contributed by atoms with E-state index in [0.29, 0.717) is 0 Å². The molecule has 1 aromatic rings. The van der Waals surface area contributed by atoms with Crippen LogP contribution in [0.5, 0.6) is 0 Å². The van der Waals surface area contributed by atoms with Gasteiger partial charge in [0, 0.05) is 12.2 Å². The average molecular weight is 390 g/mol. The van der Waals surface area contributed by atoms with Gasteiger partial charge in [-0.2, -0.15) is 0 Å². The van der Waals surface area contributed by atoms with Gasteiger partial charge in [0.25, 0.3) is 0 Å². The fourth-order valence-corrected chi connectivity index (χ4v) is 1.94. The minimum Gasteiger partial charge on any atom is -0.458 e. The van der Waals surface area contributed by atoms with E-state index in [-0.39, 0.29) is 24.3 Å². The lowest BCUT2D eigenvalue weighted by molar-refractivity contribution is -0.144. The maximum atomic E-state index is 12.3. The van der Waals surface area contributed by atoms with E-state index in [4.69, 9.17) is 18.9 Å². The highest BCUT2D eigenvalue weighted by Crippen LogP contribution is 2.13. The Balaban J connectivity index is 2.70. The molecule has 0 aliphatic rings. The van der Waals surface area contributed by atoms with Crippen molar-refractivity contribution in [1.29, 1.82) is 0 Å². The molecule has 1 aromatic carbocycles. The van der Waals surface area contributed by atoms with Crippen LogP contribution in [0.3, 0.4) is 0 Å². The van der Waals surface area contributed by atoms with Crippen molar-refractivity contribution in [2.24, 2.45) is 0 Å². The molecule has 0 aliphatic heterocycles. The summed E-state index contributed by atoms with van der Waals surface area (Å²) in [5.74, 6) is -2.84. The fourth-order valence-electron chi connectivity index (χ4n) is 1.94. The second-order valence-electron chi connectivity index (χ2n) is 5.65. The zero-order valence-corrected chi connectivity index (χ0v) is 15.7. The van der Waals surface area contributed by atoms with Crippen molar-refractivity contribution in [2.45, 2.75) is 26.1 Å².